The van der Waals surface area contributed by atoms with Crippen LogP contribution < -0.4 is 5.32 Å². The Morgan fingerprint density at radius 3 is 2.52 bits per heavy atom. The van der Waals surface area contributed by atoms with Crippen LogP contribution in [-0.4, -0.2) is 66.8 Å². The number of morpholine rings is 1. The fourth-order valence-electron chi connectivity index (χ4n) is 3.62. The Hall–Kier alpha value is -1.58. The summed E-state index contributed by atoms with van der Waals surface area (Å²) in [6.45, 7) is 8.00. The van der Waals surface area contributed by atoms with Gasteiger partial charge < -0.3 is 19.5 Å². The minimum absolute atomic E-state index is 0. The van der Waals surface area contributed by atoms with E-state index in [2.05, 4.69) is 89.4 Å². The molecule has 2 aromatic rings. The molecule has 2 heterocycles. The Bertz CT molecular complexity index is 743. The van der Waals surface area contributed by atoms with Gasteiger partial charge in [-0.3, -0.25) is 9.89 Å². The summed E-state index contributed by atoms with van der Waals surface area (Å²) in [7, 11) is 4.18. The quantitative estimate of drug-likeness (QED) is 0.353. The number of rotatable bonds is 7. The van der Waals surface area contributed by atoms with E-state index in [-0.39, 0.29) is 30.0 Å². The van der Waals surface area contributed by atoms with E-state index in [4.69, 9.17) is 9.73 Å². The molecule has 0 amide bonds. The van der Waals surface area contributed by atoms with Gasteiger partial charge in [-0.2, -0.15) is 0 Å². The molecule has 1 aliphatic rings. The number of hydrogen-bond acceptors (Lipinski definition) is 3. The van der Waals surface area contributed by atoms with Crippen molar-refractivity contribution in [2.45, 2.75) is 19.5 Å². The monoisotopic (exact) mass is 511 g/mol. The van der Waals surface area contributed by atoms with E-state index in [0.717, 1.165) is 51.9 Å². The molecule has 6 nitrogen and oxygen atoms in total. The highest BCUT2D eigenvalue weighted by molar-refractivity contribution is 14.0. The van der Waals surface area contributed by atoms with Gasteiger partial charge in [0.15, 0.2) is 5.96 Å². The molecule has 29 heavy (non-hydrogen) atoms. The summed E-state index contributed by atoms with van der Waals surface area (Å²) in [5.74, 6) is 0.942. The third kappa shape index (κ3) is 6.72. The minimum atomic E-state index is 0. The molecule has 7 heteroatoms. The van der Waals surface area contributed by atoms with Crippen molar-refractivity contribution in [1.82, 2.24) is 19.7 Å². The van der Waals surface area contributed by atoms with Gasteiger partial charge in [0, 0.05) is 45.6 Å². The molecule has 0 saturated carbocycles. The molecule has 0 radical (unpaired) electrons. The van der Waals surface area contributed by atoms with E-state index >= 15 is 0 Å². The van der Waals surface area contributed by atoms with Gasteiger partial charge in [0.05, 0.1) is 32.3 Å². The number of guanidine groups is 1. The second-order valence-electron chi connectivity index (χ2n) is 7.24. The lowest BCUT2D eigenvalue weighted by Crippen LogP contribution is -2.42. The average molecular weight is 511 g/mol. The number of hydrogen-bond donors (Lipinski definition) is 1. The predicted molar refractivity (Wildman–Crippen MR) is 130 cm³/mol. The fraction of sp³-hybridized carbons (Fsp3) is 0.500. The molecule has 160 valence electrons. The normalized spacial score (nSPS) is 16.2. The lowest BCUT2D eigenvalue weighted by molar-refractivity contribution is 0.0179. The summed E-state index contributed by atoms with van der Waals surface area (Å²) < 4.78 is 7.71. The standard InChI is InChI=1S/C22H33N5O.HI/c1-4-23-22(26(3)18-20-11-8-12-25(20)2)24-17-21(19-9-6-5-7-10-19)27-13-15-28-16-14-27;/h5-12,21H,4,13-18H2,1-3H3,(H,23,24);1H. The first-order valence-electron chi connectivity index (χ1n) is 10.2. The summed E-state index contributed by atoms with van der Waals surface area (Å²) >= 11 is 0. The van der Waals surface area contributed by atoms with E-state index < -0.39 is 0 Å². The smallest absolute Gasteiger partial charge is 0.194 e. The summed E-state index contributed by atoms with van der Waals surface area (Å²) in [5, 5.41) is 3.45. The summed E-state index contributed by atoms with van der Waals surface area (Å²) in [5.41, 5.74) is 2.58. The number of nitrogens with one attached hydrogen (secondary N) is 1. The van der Waals surface area contributed by atoms with Crippen LogP contribution in [-0.2, 0) is 18.3 Å². The minimum Gasteiger partial charge on any atom is -0.379 e. The summed E-state index contributed by atoms with van der Waals surface area (Å²) in [4.78, 5) is 9.70. The first-order chi connectivity index (χ1) is 13.7. The van der Waals surface area contributed by atoms with Crippen LogP contribution in [0.5, 0.6) is 0 Å². The predicted octanol–water partition coefficient (Wildman–Crippen LogP) is 3.11. The van der Waals surface area contributed by atoms with Gasteiger partial charge in [-0.15, -0.1) is 24.0 Å². The van der Waals surface area contributed by atoms with Crippen molar-refractivity contribution in [3.8, 4) is 0 Å². The van der Waals surface area contributed by atoms with Crippen LogP contribution in [0, 0.1) is 0 Å². The highest BCUT2D eigenvalue weighted by Crippen LogP contribution is 2.22. The van der Waals surface area contributed by atoms with Crippen molar-refractivity contribution < 1.29 is 4.74 Å². The summed E-state index contributed by atoms with van der Waals surface area (Å²) in [6.07, 6.45) is 2.08. The molecular weight excluding hydrogens is 477 g/mol. The zero-order valence-corrected chi connectivity index (χ0v) is 20.1. The van der Waals surface area contributed by atoms with Gasteiger partial charge in [-0.05, 0) is 24.6 Å². The number of nitrogens with zero attached hydrogens (tertiary/aromatic N) is 4. The third-order valence-electron chi connectivity index (χ3n) is 5.23. The highest BCUT2D eigenvalue weighted by Gasteiger charge is 2.22. The van der Waals surface area contributed by atoms with E-state index in [1.165, 1.54) is 11.3 Å². The summed E-state index contributed by atoms with van der Waals surface area (Å²) in [6, 6.07) is 15.2. The second-order valence-corrected chi connectivity index (χ2v) is 7.24. The van der Waals surface area contributed by atoms with Gasteiger partial charge in [0.1, 0.15) is 0 Å². The molecule has 1 unspecified atom stereocenters. The molecule has 1 N–H and O–H groups in total. The number of aryl methyl sites for hydroxylation is 1. The van der Waals surface area contributed by atoms with Gasteiger partial charge in [-0.25, -0.2) is 0 Å². The topological polar surface area (TPSA) is 45.0 Å². The van der Waals surface area contributed by atoms with Crippen LogP contribution in [0.3, 0.4) is 0 Å². The molecule has 3 rings (SSSR count). The fourth-order valence-corrected chi connectivity index (χ4v) is 3.62. The maximum absolute atomic E-state index is 5.56. The van der Waals surface area contributed by atoms with Crippen LogP contribution in [0.1, 0.15) is 24.2 Å². The second kappa shape index (κ2) is 12.2. The van der Waals surface area contributed by atoms with Crippen LogP contribution >= 0.6 is 24.0 Å². The van der Waals surface area contributed by atoms with Gasteiger partial charge in [0.2, 0.25) is 0 Å². The average Bonchev–Trinajstić information content (AvgIpc) is 3.13. The van der Waals surface area contributed by atoms with Gasteiger partial charge in [-0.1, -0.05) is 30.3 Å². The van der Waals surface area contributed by atoms with Crippen LogP contribution in [0.25, 0.3) is 0 Å². The number of aliphatic imine (C=N–C) groups is 1. The van der Waals surface area contributed by atoms with Crippen molar-refractivity contribution in [2.75, 3.05) is 46.4 Å². The van der Waals surface area contributed by atoms with Crippen LogP contribution in [0.4, 0.5) is 0 Å². The van der Waals surface area contributed by atoms with Crippen LogP contribution in [0.2, 0.25) is 0 Å². The molecular formula is C22H34IN5O. The van der Waals surface area contributed by atoms with Crippen molar-refractivity contribution in [2.24, 2.45) is 12.0 Å². The number of halogens is 1. The Labute approximate surface area is 192 Å². The van der Waals surface area contributed by atoms with E-state index in [9.17, 15) is 0 Å². The van der Waals surface area contributed by atoms with Crippen molar-refractivity contribution >= 4 is 29.9 Å². The Morgan fingerprint density at radius 2 is 1.90 bits per heavy atom. The highest BCUT2D eigenvalue weighted by atomic mass is 127. The Morgan fingerprint density at radius 1 is 1.17 bits per heavy atom. The third-order valence-corrected chi connectivity index (χ3v) is 5.23. The molecule has 1 fully saturated rings. The van der Waals surface area contributed by atoms with Gasteiger partial charge >= 0.3 is 0 Å². The first-order valence-corrected chi connectivity index (χ1v) is 10.2. The zero-order chi connectivity index (χ0) is 19.8. The van der Waals surface area contributed by atoms with E-state index in [1.807, 2.05) is 0 Å². The molecule has 1 saturated heterocycles. The Balaban J connectivity index is 0.00000300. The molecule has 1 atom stereocenters. The SMILES string of the molecule is CCNC(=NCC(c1ccccc1)N1CCOCC1)N(C)Cc1cccn1C.I. The zero-order valence-electron chi connectivity index (χ0n) is 17.8. The molecule has 0 aliphatic carbocycles. The molecule has 1 aliphatic heterocycles. The van der Waals surface area contributed by atoms with Gasteiger partial charge in [0.25, 0.3) is 0 Å². The number of benzene rings is 1. The lowest BCUT2D eigenvalue weighted by atomic mass is 10.0. The first kappa shape index (κ1) is 23.7. The lowest BCUT2D eigenvalue weighted by Gasteiger charge is -2.34. The van der Waals surface area contributed by atoms with Crippen molar-refractivity contribution in [3.63, 3.8) is 0 Å². The molecule has 0 spiro atoms. The van der Waals surface area contributed by atoms with E-state index in [1.54, 1.807) is 0 Å². The van der Waals surface area contributed by atoms with Crippen molar-refractivity contribution in [3.05, 3.63) is 59.9 Å². The molecule has 0 bridgehead atoms. The largest absolute Gasteiger partial charge is 0.379 e. The number of ether oxygens (including phenoxy) is 1. The molecule has 1 aromatic carbocycles. The Kier molecular flexibility index (Phi) is 9.96. The maximum Gasteiger partial charge on any atom is 0.194 e. The molecule has 1 aromatic heterocycles. The number of aromatic nitrogens is 1. The maximum atomic E-state index is 5.56. The van der Waals surface area contributed by atoms with Crippen molar-refractivity contribution in [1.29, 1.82) is 0 Å². The van der Waals surface area contributed by atoms with Crippen LogP contribution in [0.15, 0.2) is 53.7 Å². The van der Waals surface area contributed by atoms with E-state index in [0.29, 0.717) is 0 Å².